The summed E-state index contributed by atoms with van der Waals surface area (Å²) in [6.07, 6.45) is 0. The molecule has 0 radical (unpaired) electrons. The van der Waals surface area contributed by atoms with E-state index in [4.69, 9.17) is 16.3 Å². The van der Waals surface area contributed by atoms with Crippen LogP contribution in [-0.2, 0) is 0 Å². The van der Waals surface area contributed by atoms with Gasteiger partial charge in [0.1, 0.15) is 0 Å². The van der Waals surface area contributed by atoms with E-state index in [0.29, 0.717) is 31.5 Å². The molecule has 4 heteroatoms. The largest absolute Gasteiger partial charge is 0.330 e. The summed E-state index contributed by atoms with van der Waals surface area (Å²) in [4.78, 5) is 1.83. The molecule has 0 saturated carbocycles. The molecule has 0 aliphatic rings. The van der Waals surface area contributed by atoms with Gasteiger partial charge in [0.05, 0.1) is 25.2 Å². The summed E-state index contributed by atoms with van der Waals surface area (Å²) in [6, 6.07) is 4.11. The van der Waals surface area contributed by atoms with E-state index in [1.54, 1.807) is 0 Å². The molecule has 0 bridgehead atoms. The van der Waals surface area contributed by atoms with Crippen LogP contribution < -0.4 is 5.73 Å². The quantitative estimate of drug-likeness (QED) is 0.627. The van der Waals surface area contributed by atoms with Gasteiger partial charge in [-0.1, -0.05) is 13.8 Å². The van der Waals surface area contributed by atoms with Crippen molar-refractivity contribution in [2.45, 2.75) is 13.8 Å². The van der Waals surface area contributed by atoms with E-state index < -0.39 is 0 Å². The van der Waals surface area contributed by atoms with Gasteiger partial charge in [0.2, 0.25) is 0 Å². The number of nitrogens with zero attached hydrogens (tertiary/aromatic N) is 3. The smallest absolute Gasteiger partial charge is 0.0874 e. The minimum absolute atomic E-state index is 0.302. The van der Waals surface area contributed by atoms with Crippen molar-refractivity contribution < 1.29 is 0 Å². The van der Waals surface area contributed by atoms with Crippen LogP contribution >= 0.6 is 0 Å². The maximum atomic E-state index is 8.56. The first kappa shape index (κ1) is 12.9. The molecule has 4 nitrogen and oxygen atoms in total. The highest BCUT2D eigenvalue weighted by atomic mass is 15.1. The van der Waals surface area contributed by atoms with Crippen molar-refractivity contribution >= 4 is 0 Å². The zero-order valence-electron chi connectivity index (χ0n) is 8.90. The molecule has 0 heterocycles. The lowest BCUT2D eigenvalue weighted by atomic mass is 9.95. The number of hydrogen-bond donors (Lipinski definition) is 1. The average Bonchev–Trinajstić information content (AvgIpc) is 2.14. The Morgan fingerprint density at radius 1 is 1.21 bits per heavy atom. The zero-order chi connectivity index (χ0) is 11.0. The second-order valence-electron chi connectivity index (χ2n) is 3.73. The highest BCUT2D eigenvalue weighted by Crippen LogP contribution is 2.10. The van der Waals surface area contributed by atoms with Gasteiger partial charge in [-0.3, -0.25) is 4.90 Å². The Hall–Kier alpha value is -1.10. The Morgan fingerprint density at radius 2 is 1.71 bits per heavy atom. The Balaban J connectivity index is 4.13. The summed E-state index contributed by atoms with van der Waals surface area (Å²) >= 11 is 0. The van der Waals surface area contributed by atoms with Gasteiger partial charge in [-0.25, -0.2) is 0 Å². The minimum atomic E-state index is 0.302. The van der Waals surface area contributed by atoms with Crippen LogP contribution in [0.2, 0.25) is 0 Å². The van der Waals surface area contributed by atoms with E-state index in [2.05, 4.69) is 26.0 Å². The van der Waals surface area contributed by atoms with E-state index in [1.165, 1.54) is 0 Å². The standard InChI is InChI=1S/C10H18N4/c1-9(2)10(7-13)8-14(5-3-11)6-4-12/h9-10H,5-8,13H2,1-2H3. The molecule has 0 aliphatic heterocycles. The fourth-order valence-corrected chi connectivity index (χ4v) is 1.27. The van der Waals surface area contributed by atoms with Crippen LogP contribution in [-0.4, -0.2) is 31.1 Å². The van der Waals surface area contributed by atoms with Crippen molar-refractivity contribution in [3.05, 3.63) is 0 Å². The number of nitrogens with two attached hydrogens (primary N) is 1. The Bertz CT molecular complexity index is 207. The van der Waals surface area contributed by atoms with Gasteiger partial charge in [0, 0.05) is 6.54 Å². The van der Waals surface area contributed by atoms with E-state index in [0.717, 1.165) is 6.54 Å². The first-order valence-electron chi connectivity index (χ1n) is 4.82. The van der Waals surface area contributed by atoms with Crippen LogP contribution in [0, 0.1) is 34.5 Å². The van der Waals surface area contributed by atoms with Crippen molar-refractivity contribution in [3.8, 4) is 12.1 Å². The van der Waals surface area contributed by atoms with E-state index in [-0.39, 0.29) is 0 Å². The Morgan fingerprint density at radius 3 is 2.00 bits per heavy atom. The molecule has 1 unspecified atom stereocenters. The third-order valence-corrected chi connectivity index (χ3v) is 2.33. The molecule has 0 aromatic rings. The van der Waals surface area contributed by atoms with Crippen LogP contribution in [0.25, 0.3) is 0 Å². The van der Waals surface area contributed by atoms with Crippen LogP contribution in [0.1, 0.15) is 13.8 Å². The molecule has 0 spiro atoms. The summed E-state index contributed by atoms with van der Waals surface area (Å²) < 4.78 is 0. The van der Waals surface area contributed by atoms with E-state index in [9.17, 15) is 0 Å². The van der Waals surface area contributed by atoms with Gasteiger partial charge in [-0.05, 0) is 18.4 Å². The first-order chi connectivity index (χ1) is 6.65. The van der Waals surface area contributed by atoms with E-state index >= 15 is 0 Å². The molecule has 1 atom stereocenters. The molecule has 0 aliphatic carbocycles. The molecular weight excluding hydrogens is 176 g/mol. The molecule has 0 aromatic carbocycles. The Labute approximate surface area is 85.9 Å². The maximum absolute atomic E-state index is 8.56. The van der Waals surface area contributed by atoms with Gasteiger partial charge < -0.3 is 5.73 Å². The number of hydrogen-bond acceptors (Lipinski definition) is 4. The fourth-order valence-electron chi connectivity index (χ4n) is 1.27. The Kier molecular flexibility index (Phi) is 6.74. The van der Waals surface area contributed by atoms with Gasteiger partial charge in [-0.15, -0.1) is 0 Å². The van der Waals surface area contributed by atoms with Gasteiger partial charge in [0.25, 0.3) is 0 Å². The lowest BCUT2D eigenvalue weighted by molar-refractivity contribution is 0.243. The lowest BCUT2D eigenvalue weighted by Crippen LogP contribution is -2.36. The lowest BCUT2D eigenvalue weighted by Gasteiger charge is -2.25. The topological polar surface area (TPSA) is 76.8 Å². The maximum Gasteiger partial charge on any atom is 0.0874 e. The van der Waals surface area contributed by atoms with Gasteiger partial charge in [-0.2, -0.15) is 10.5 Å². The second kappa shape index (κ2) is 7.32. The SMILES string of the molecule is CC(C)C(CN)CN(CC#N)CC#N. The van der Waals surface area contributed by atoms with Crippen molar-refractivity contribution in [1.29, 1.82) is 10.5 Å². The third kappa shape index (κ3) is 4.81. The molecule has 2 N–H and O–H groups in total. The van der Waals surface area contributed by atoms with Gasteiger partial charge in [0.15, 0.2) is 0 Å². The van der Waals surface area contributed by atoms with Crippen molar-refractivity contribution in [2.75, 3.05) is 26.2 Å². The fraction of sp³-hybridized carbons (Fsp3) is 0.800. The predicted octanol–water partition coefficient (Wildman–Crippen LogP) is 0.566. The highest BCUT2D eigenvalue weighted by Gasteiger charge is 2.15. The molecule has 0 aromatic heterocycles. The second-order valence-corrected chi connectivity index (χ2v) is 3.73. The van der Waals surface area contributed by atoms with Gasteiger partial charge >= 0.3 is 0 Å². The molecule has 0 rings (SSSR count). The molecule has 0 fully saturated rings. The van der Waals surface area contributed by atoms with Crippen molar-refractivity contribution in [3.63, 3.8) is 0 Å². The molecule has 78 valence electrons. The molecule has 0 amide bonds. The van der Waals surface area contributed by atoms with Crippen LogP contribution in [0.15, 0.2) is 0 Å². The molecule has 14 heavy (non-hydrogen) atoms. The van der Waals surface area contributed by atoms with Crippen LogP contribution in [0.4, 0.5) is 0 Å². The molecular formula is C10H18N4. The normalized spacial score (nSPS) is 12.5. The number of rotatable bonds is 6. The zero-order valence-corrected chi connectivity index (χ0v) is 8.90. The third-order valence-electron chi connectivity index (χ3n) is 2.33. The summed E-state index contributed by atoms with van der Waals surface area (Å²) in [5, 5.41) is 17.1. The predicted molar refractivity (Wildman–Crippen MR) is 55.0 cm³/mol. The van der Waals surface area contributed by atoms with Crippen molar-refractivity contribution in [2.24, 2.45) is 17.6 Å². The van der Waals surface area contributed by atoms with Crippen molar-refractivity contribution in [1.82, 2.24) is 4.90 Å². The average molecular weight is 194 g/mol. The highest BCUT2D eigenvalue weighted by molar-refractivity contribution is 4.85. The summed E-state index contributed by atoms with van der Waals surface area (Å²) in [5.74, 6) is 0.844. The summed E-state index contributed by atoms with van der Waals surface area (Å²) in [6.45, 7) is 6.15. The first-order valence-corrected chi connectivity index (χ1v) is 4.82. The van der Waals surface area contributed by atoms with E-state index in [1.807, 2.05) is 4.90 Å². The summed E-state index contributed by atoms with van der Waals surface area (Å²) in [7, 11) is 0. The minimum Gasteiger partial charge on any atom is -0.330 e. The van der Waals surface area contributed by atoms with Crippen LogP contribution in [0.3, 0.4) is 0 Å². The number of nitriles is 2. The monoisotopic (exact) mass is 194 g/mol. The summed E-state index contributed by atoms with van der Waals surface area (Å²) in [5.41, 5.74) is 5.62. The van der Waals surface area contributed by atoms with Crippen LogP contribution in [0.5, 0.6) is 0 Å². The molecule has 0 saturated heterocycles.